The molecule has 0 saturated carbocycles. The fourth-order valence-electron chi connectivity index (χ4n) is 5.64. The van der Waals surface area contributed by atoms with Gasteiger partial charge < -0.3 is 20.1 Å². The normalized spacial score (nSPS) is 20.9. The van der Waals surface area contributed by atoms with Gasteiger partial charge in [0.05, 0.1) is 49.9 Å². The molecule has 0 radical (unpaired) electrons. The van der Waals surface area contributed by atoms with E-state index in [-0.39, 0.29) is 12.1 Å². The molecule has 2 aliphatic rings. The Bertz CT molecular complexity index is 1140. The average molecular weight is 555 g/mol. The van der Waals surface area contributed by atoms with Gasteiger partial charge in [0.25, 0.3) is 0 Å². The number of hydrogen-bond acceptors (Lipinski definition) is 7. The number of nitrogens with zero attached hydrogens (tertiary/aromatic N) is 4. The lowest BCUT2D eigenvalue weighted by Crippen LogP contribution is -2.56. The van der Waals surface area contributed by atoms with E-state index in [4.69, 9.17) is 9.47 Å². The molecule has 1 aromatic heterocycles. The second-order valence-corrected chi connectivity index (χ2v) is 11.3. The number of fused-ring (bicyclic) bond motifs is 1. The molecule has 2 N–H and O–H groups in total. The number of piperazine rings is 1. The molecule has 1 fully saturated rings. The summed E-state index contributed by atoms with van der Waals surface area (Å²) < 4.78 is 12.5. The number of benzene rings is 1. The van der Waals surface area contributed by atoms with E-state index in [9.17, 15) is 9.59 Å². The Kier molecular flexibility index (Phi) is 10.4. The number of unbranched alkanes of at least 4 members (excludes halogenated alkanes) is 4. The van der Waals surface area contributed by atoms with Crippen molar-refractivity contribution in [1.82, 2.24) is 20.4 Å². The molecule has 40 heavy (non-hydrogen) atoms. The SMILES string of the molecule is CCCCCCCC1CNCC(Cn2cc(-c3ccc4c(c3)N(C(=O)OC(C)C)CC(C)N4C(=O)OC)cn2)N1. The molecular formula is C30H46N6O4. The lowest BCUT2D eigenvalue weighted by molar-refractivity contribution is 0.121. The maximum Gasteiger partial charge on any atom is 0.414 e. The van der Waals surface area contributed by atoms with Crippen LogP contribution in [0.3, 0.4) is 0 Å². The Morgan fingerprint density at radius 1 is 1.05 bits per heavy atom. The largest absolute Gasteiger partial charge is 0.452 e. The lowest BCUT2D eigenvalue weighted by Gasteiger charge is -2.40. The number of carbonyl (C=O) groups is 2. The van der Waals surface area contributed by atoms with Crippen molar-refractivity contribution in [1.29, 1.82) is 0 Å². The predicted octanol–water partition coefficient (Wildman–Crippen LogP) is 5.17. The van der Waals surface area contributed by atoms with E-state index in [0.717, 1.165) is 30.8 Å². The minimum absolute atomic E-state index is 0.255. The molecule has 220 valence electrons. The molecular weight excluding hydrogens is 508 g/mol. The van der Waals surface area contributed by atoms with Crippen LogP contribution in [0.15, 0.2) is 30.6 Å². The van der Waals surface area contributed by atoms with Crippen molar-refractivity contribution in [2.75, 3.05) is 36.5 Å². The predicted molar refractivity (Wildman–Crippen MR) is 158 cm³/mol. The first-order valence-electron chi connectivity index (χ1n) is 14.8. The van der Waals surface area contributed by atoms with Gasteiger partial charge in [-0.3, -0.25) is 14.5 Å². The quantitative estimate of drug-likeness (QED) is 0.391. The highest BCUT2D eigenvalue weighted by Gasteiger charge is 2.36. The fraction of sp³-hybridized carbons (Fsp3) is 0.633. The molecule has 0 bridgehead atoms. The van der Waals surface area contributed by atoms with Crippen molar-refractivity contribution < 1.29 is 19.1 Å². The third kappa shape index (κ3) is 7.34. The highest BCUT2D eigenvalue weighted by molar-refractivity contribution is 6.01. The number of nitrogens with one attached hydrogen (secondary N) is 2. The standard InChI is InChI=1S/C30H46N6O4/c1-6-7-8-9-10-11-25-16-31-17-26(33-25)20-34-19-24(15-32-34)23-12-13-27-28(14-23)35(29(37)40-21(2)3)18-22(4)36(27)30(38)39-5/h12-15,19,21-22,25-26,31,33H,6-11,16-18,20H2,1-5H3. The topological polar surface area (TPSA) is 101 Å². The average Bonchev–Trinajstić information content (AvgIpc) is 3.40. The summed E-state index contributed by atoms with van der Waals surface area (Å²) in [5.74, 6) is 0. The molecule has 1 aromatic carbocycles. The van der Waals surface area contributed by atoms with Crippen molar-refractivity contribution >= 4 is 23.6 Å². The molecule has 10 nitrogen and oxygen atoms in total. The minimum atomic E-state index is -0.459. The van der Waals surface area contributed by atoms with Crippen molar-refractivity contribution in [3.63, 3.8) is 0 Å². The zero-order chi connectivity index (χ0) is 28.6. The summed E-state index contributed by atoms with van der Waals surface area (Å²) in [5.41, 5.74) is 3.07. The van der Waals surface area contributed by atoms with Crippen molar-refractivity contribution in [2.24, 2.45) is 0 Å². The summed E-state index contributed by atoms with van der Waals surface area (Å²) in [5, 5.41) is 12.0. The molecule has 0 aliphatic carbocycles. The van der Waals surface area contributed by atoms with Crippen LogP contribution in [-0.2, 0) is 16.0 Å². The van der Waals surface area contributed by atoms with Crippen LogP contribution >= 0.6 is 0 Å². The molecule has 4 rings (SSSR count). The second kappa shape index (κ2) is 14.0. The first-order valence-corrected chi connectivity index (χ1v) is 14.8. The Balaban J connectivity index is 1.48. The van der Waals surface area contributed by atoms with E-state index in [2.05, 4.69) is 22.7 Å². The number of carbonyl (C=O) groups excluding carboxylic acids is 2. The molecule has 2 aliphatic heterocycles. The third-order valence-electron chi connectivity index (χ3n) is 7.62. The van der Waals surface area contributed by atoms with Gasteiger partial charge in [0, 0.05) is 36.9 Å². The summed E-state index contributed by atoms with van der Waals surface area (Å²) in [4.78, 5) is 28.8. The first kappa shape index (κ1) is 29.9. The van der Waals surface area contributed by atoms with Crippen LogP contribution in [0.5, 0.6) is 0 Å². The second-order valence-electron chi connectivity index (χ2n) is 11.3. The Hall–Kier alpha value is -3.11. The van der Waals surface area contributed by atoms with Gasteiger partial charge in [-0.2, -0.15) is 5.10 Å². The number of methoxy groups -OCH3 is 1. The molecule has 0 spiro atoms. The molecule has 2 amide bonds. The van der Waals surface area contributed by atoms with Gasteiger partial charge >= 0.3 is 12.2 Å². The van der Waals surface area contributed by atoms with Gasteiger partial charge in [-0.25, -0.2) is 9.59 Å². The van der Waals surface area contributed by atoms with Gasteiger partial charge in [-0.15, -0.1) is 0 Å². The van der Waals surface area contributed by atoms with Crippen LogP contribution in [0.25, 0.3) is 11.1 Å². The van der Waals surface area contributed by atoms with E-state index in [0.29, 0.717) is 30.0 Å². The van der Waals surface area contributed by atoms with E-state index in [1.54, 1.807) is 9.80 Å². The molecule has 3 atom stereocenters. The van der Waals surface area contributed by atoms with Gasteiger partial charge in [0.15, 0.2) is 0 Å². The van der Waals surface area contributed by atoms with E-state index < -0.39 is 12.2 Å². The minimum Gasteiger partial charge on any atom is -0.452 e. The summed E-state index contributed by atoms with van der Waals surface area (Å²) in [7, 11) is 1.36. The molecule has 1 saturated heterocycles. The van der Waals surface area contributed by atoms with E-state index in [1.807, 2.05) is 56.0 Å². The summed E-state index contributed by atoms with van der Waals surface area (Å²) in [6, 6.07) is 6.27. The smallest absolute Gasteiger partial charge is 0.414 e. The van der Waals surface area contributed by atoms with Crippen LogP contribution in [0.2, 0.25) is 0 Å². The maximum atomic E-state index is 13.0. The summed E-state index contributed by atoms with van der Waals surface area (Å²) >= 11 is 0. The maximum absolute atomic E-state index is 13.0. The van der Waals surface area contributed by atoms with Crippen LogP contribution in [0, 0.1) is 0 Å². The lowest BCUT2D eigenvalue weighted by atomic mass is 10.0. The fourth-order valence-corrected chi connectivity index (χ4v) is 5.64. The van der Waals surface area contributed by atoms with Crippen molar-refractivity contribution in [2.45, 2.75) is 97.0 Å². The zero-order valence-electron chi connectivity index (χ0n) is 24.7. The zero-order valence-corrected chi connectivity index (χ0v) is 24.7. The third-order valence-corrected chi connectivity index (χ3v) is 7.62. The van der Waals surface area contributed by atoms with Gasteiger partial charge in [-0.05, 0) is 44.9 Å². The van der Waals surface area contributed by atoms with Crippen molar-refractivity contribution in [3.8, 4) is 11.1 Å². The Morgan fingerprint density at radius 3 is 2.58 bits per heavy atom. The molecule has 3 heterocycles. The van der Waals surface area contributed by atoms with Crippen LogP contribution in [0.1, 0.15) is 66.2 Å². The monoisotopic (exact) mass is 554 g/mol. The highest BCUT2D eigenvalue weighted by atomic mass is 16.6. The number of aromatic nitrogens is 2. The van der Waals surface area contributed by atoms with Gasteiger partial charge in [0.2, 0.25) is 0 Å². The number of rotatable bonds is 10. The number of hydrogen-bond donors (Lipinski definition) is 2. The van der Waals surface area contributed by atoms with E-state index in [1.165, 1.54) is 45.6 Å². The summed E-state index contributed by atoms with van der Waals surface area (Å²) in [6.45, 7) is 10.8. The number of anilines is 2. The number of ether oxygens (including phenoxy) is 2. The van der Waals surface area contributed by atoms with Crippen molar-refractivity contribution in [3.05, 3.63) is 30.6 Å². The van der Waals surface area contributed by atoms with Crippen LogP contribution < -0.4 is 20.4 Å². The first-order chi connectivity index (χ1) is 19.3. The number of amides is 2. The molecule has 2 aromatic rings. The Labute approximate surface area is 238 Å². The molecule has 3 unspecified atom stereocenters. The molecule has 10 heteroatoms. The van der Waals surface area contributed by atoms with E-state index >= 15 is 0 Å². The van der Waals surface area contributed by atoms with Gasteiger partial charge in [0.1, 0.15) is 0 Å². The summed E-state index contributed by atoms with van der Waals surface area (Å²) in [6.07, 6.45) is 10.4. The highest BCUT2D eigenvalue weighted by Crippen LogP contribution is 2.39. The van der Waals surface area contributed by atoms with Crippen LogP contribution in [-0.4, -0.2) is 72.9 Å². The Morgan fingerprint density at radius 2 is 1.82 bits per heavy atom. The van der Waals surface area contributed by atoms with Gasteiger partial charge in [-0.1, -0.05) is 45.1 Å². The van der Waals surface area contributed by atoms with Crippen LogP contribution in [0.4, 0.5) is 21.0 Å².